The maximum absolute atomic E-state index is 12.9. The Bertz CT molecular complexity index is 879. The minimum Gasteiger partial charge on any atom is -0.493 e. The molecule has 1 amide bonds. The number of nitrogens with one attached hydrogen (secondary N) is 1. The van der Waals surface area contributed by atoms with Crippen molar-refractivity contribution < 1.29 is 27.4 Å². The zero-order valence-corrected chi connectivity index (χ0v) is 17.4. The van der Waals surface area contributed by atoms with Crippen molar-refractivity contribution in [3.8, 4) is 11.5 Å². The van der Waals surface area contributed by atoms with Crippen LogP contribution in [-0.2, 0) is 17.6 Å². The molecule has 3 rings (SSSR count). The fourth-order valence-corrected chi connectivity index (χ4v) is 4.92. The van der Waals surface area contributed by atoms with E-state index in [1.165, 1.54) is 12.0 Å². The Morgan fingerprint density at radius 2 is 1.90 bits per heavy atom. The number of halogens is 3. The van der Waals surface area contributed by atoms with Crippen molar-refractivity contribution in [1.29, 1.82) is 0 Å². The Morgan fingerprint density at radius 1 is 1.21 bits per heavy atom. The molecule has 0 radical (unpaired) electrons. The highest BCUT2D eigenvalue weighted by Gasteiger charge is 2.42. The fraction of sp³-hybridized carbons (Fsp3) is 0.476. The van der Waals surface area contributed by atoms with E-state index in [-0.39, 0.29) is 5.92 Å². The van der Waals surface area contributed by atoms with Gasteiger partial charge in [-0.2, -0.15) is 13.2 Å². The largest absolute Gasteiger partial charge is 0.493 e. The monoisotopic (exact) mass is 427 g/mol. The van der Waals surface area contributed by atoms with Gasteiger partial charge in [0, 0.05) is 16.8 Å². The van der Waals surface area contributed by atoms with Crippen LogP contribution < -0.4 is 14.8 Å². The molecule has 29 heavy (non-hydrogen) atoms. The quantitative estimate of drug-likeness (QED) is 0.718. The highest BCUT2D eigenvalue weighted by Crippen LogP contribution is 2.43. The van der Waals surface area contributed by atoms with Crippen LogP contribution in [0.2, 0.25) is 0 Å². The third kappa shape index (κ3) is 4.52. The molecular weight excluding hydrogens is 403 g/mol. The van der Waals surface area contributed by atoms with Gasteiger partial charge in [-0.1, -0.05) is 13.3 Å². The molecule has 158 valence electrons. The van der Waals surface area contributed by atoms with E-state index >= 15 is 0 Å². The first-order valence-corrected chi connectivity index (χ1v) is 10.4. The lowest BCUT2D eigenvalue weighted by molar-refractivity contribution is -0.174. The van der Waals surface area contributed by atoms with Crippen molar-refractivity contribution in [3.63, 3.8) is 0 Å². The molecule has 1 N–H and O–H groups in total. The highest BCUT2D eigenvalue weighted by atomic mass is 32.1. The minimum absolute atomic E-state index is 0.383. The molecule has 0 bridgehead atoms. The summed E-state index contributed by atoms with van der Waals surface area (Å²) >= 11 is 1.60. The van der Waals surface area contributed by atoms with Gasteiger partial charge in [0.25, 0.3) is 0 Å². The Kier molecular flexibility index (Phi) is 6.41. The summed E-state index contributed by atoms with van der Waals surface area (Å²) in [7, 11) is 3.07. The van der Waals surface area contributed by atoms with Gasteiger partial charge >= 0.3 is 12.1 Å². The smallest absolute Gasteiger partial charge is 0.471 e. The number of amides is 1. The van der Waals surface area contributed by atoms with Gasteiger partial charge in [0.1, 0.15) is 0 Å². The Labute approximate surface area is 172 Å². The number of rotatable bonds is 6. The summed E-state index contributed by atoms with van der Waals surface area (Å²) in [5, 5.41) is 4.20. The average Bonchev–Trinajstić information content (AvgIpc) is 3.14. The minimum atomic E-state index is -4.91. The van der Waals surface area contributed by atoms with Crippen LogP contribution in [0.25, 0.3) is 0 Å². The SMILES string of the molecule is CCCc1cc([C@@H]2c3cc(OC)c(OC)cc3CC[C@H]2NC(=O)C(F)(F)F)cs1. The Hall–Kier alpha value is -2.22. The van der Waals surface area contributed by atoms with Gasteiger partial charge in [-0.3, -0.25) is 4.79 Å². The maximum Gasteiger partial charge on any atom is 0.471 e. The molecule has 0 fully saturated rings. The molecule has 8 heteroatoms. The van der Waals surface area contributed by atoms with E-state index < -0.39 is 18.1 Å². The number of carbonyl (C=O) groups excluding carboxylic acids is 1. The third-order valence-corrected chi connectivity index (χ3v) is 6.23. The summed E-state index contributed by atoms with van der Waals surface area (Å²) in [5.74, 6) is -1.19. The first-order chi connectivity index (χ1) is 13.8. The van der Waals surface area contributed by atoms with Crippen LogP contribution in [0, 0.1) is 0 Å². The van der Waals surface area contributed by atoms with E-state index in [0.717, 1.165) is 29.5 Å². The molecule has 0 saturated carbocycles. The summed E-state index contributed by atoms with van der Waals surface area (Å²) in [6, 6.07) is 5.08. The molecule has 0 saturated heterocycles. The first-order valence-electron chi connectivity index (χ1n) is 9.48. The number of methoxy groups -OCH3 is 2. The van der Waals surface area contributed by atoms with Crippen molar-refractivity contribution in [2.75, 3.05) is 14.2 Å². The molecule has 2 aromatic rings. The topological polar surface area (TPSA) is 47.6 Å². The predicted octanol–water partition coefficient (Wildman–Crippen LogP) is 4.84. The van der Waals surface area contributed by atoms with Crippen LogP contribution in [0.15, 0.2) is 23.6 Å². The second kappa shape index (κ2) is 8.65. The lowest BCUT2D eigenvalue weighted by Gasteiger charge is -2.35. The van der Waals surface area contributed by atoms with Crippen molar-refractivity contribution in [1.82, 2.24) is 5.32 Å². The molecule has 1 aliphatic carbocycles. The molecule has 1 heterocycles. The second-order valence-electron chi connectivity index (χ2n) is 7.10. The highest BCUT2D eigenvalue weighted by molar-refractivity contribution is 7.10. The van der Waals surface area contributed by atoms with E-state index in [0.29, 0.717) is 24.3 Å². The number of hydrogen-bond acceptors (Lipinski definition) is 4. The number of alkyl halides is 3. The number of fused-ring (bicyclic) bond motifs is 1. The predicted molar refractivity (Wildman–Crippen MR) is 106 cm³/mol. The lowest BCUT2D eigenvalue weighted by Crippen LogP contribution is -2.47. The van der Waals surface area contributed by atoms with Crippen LogP contribution in [0.4, 0.5) is 13.2 Å². The number of carbonyl (C=O) groups is 1. The molecule has 0 aliphatic heterocycles. The van der Waals surface area contributed by atoms with E-state index in [1.54, 1.807) is 18.4 Å². The number of aryl methyl sites for hydroxylation is 2. The van der Waals surface area contributed by atoms with Crippen LogP contribution in [0.1, 0.15) is 47.3 Å². The third-order valence-electron chi connectivity index (χ3n) is 5.21. The molecule has 2 atom stereocenters. The molecule has 0 spiro atoms. The maximum atomic E-state index is 12.9. The Balaban J connectivity index is 2.06. The normalized spacial score (nSPS) is 18.8. The van der Waals surface area contributed by atoms with Crippen LogP contribution >= 0.6 is 11.3 Å². The number of ether oxygens (including phenoxy) is 2. The van der Waals surface area contributed by atoms with Crippen LogP contribution in [0.3, 0.4) is 0 Å². The van der Waals surface area contributed by atoms with Gasteiger partial charge < -0.3 is 14.8 Å². The summed E-state index contributed by atoms with van der Waals surface area (Å²) < 4.78 is 49.5. The van der Waals surface area contributed by atoms with Gasteiger partial charge in [-0.25, -0.2) is 0 Å². The van der Waals surface area contributed by atoms with Gasteiger partial charge in [-0.15, -0.1) is 11.3 Å². The van der Waals surface area contributed by atoms with E-state index in [9.17, 15) is 18.0 Å². The Morgan fingerprint density at radius 3 is 2.52 bits per heavy atom. The van der Waals surface area contributed by atoms with E-state index in [1.807, 2.05) is 23.6 Å². The van der Waals surface area contributed by atoms with Crippen LogP contribution in [0.5, 0.6) is 11.5 Å². The number of thiophene rings is 1. The number of benzene rings is 1. The fourth-order valence-electron chi connectivity index (χ4n) is 3.89. The van der Waals surface area contributed by atoms with E-state index in [2.05, 4.69) is 12.2 Å². The van der Waals surface area contributed by atoms with Crippen molar-refractivity contribution >= 4 is 17.2 Å². The standard InChI is InChI=1S/C21H24F3NO3S/c1-4-5-14-8-13(11-29-14)19-15-10-18(28-3)17(27-2)9-12(15)6-7-16(19)25-20(26)21(22,23)24/h8-11,16,19H,4-7H2,1-3H3,(H,25,26)/t16-,19-/m1/s1. The zero-order chi connectivity index (χ0) is 21.2. The zero-order valence-electron chi connectivity index (χ0n) is 16.6. The molecule has 0 unspecified atom stereocenters. The molecule has 1 aliphatic rings. The van der Waals surface area contributed by atoms with Crippen molar-refractivity contribution in [2.45, 2.75) is 50.7 Å². The molecule has 4 nitrogen and oxygen atoms in total. The number of hydrogen-bond donors (Lipinski definition) is 1. The summed E-state index contributed by atoms with van der Waals surface area (Å²) in [5.41, 5.74) is 2.77. The summed E-state index contributed by atoms with van der Waals surface area (Å²) in [6.45, 7) is 2.08. The van der Waals surface area contributed by atoms with Crippen LogP contribution in [-0.4, -0.2) is 32.3 Å². The molecular formula is C21H24F3NO3S. The van der Waals surface area contributed by atoms with Gasteiger partial charge in [0.05, 0.1) is 14.2 Å². The average molecular weight is 427 g/mol. The van der Waals surface area contributed by atoms with Crippen molar-refractivity contribution in [2.24, 2.45) is 0 Å². The van der Waals surface area contributed by atoms with Gasteiger partial charge in [0.2, 0.25) is 0 Å². The van der Waals surface area contributed by atoms with Crippen molar-refractivity contribution in [3.05, 3.63) is 45.1 Å². The lowest BCUT2D eigenvalue weighted by atomic mass is 9.76. The summed E-state index contributed by atoms with van der Waals surface area (Å²) in [6.07, 6.45) is -2.06. The molecule has 1 aromatic heterocycles. The van der Waals surface area contributed by atoms with E-state index in [4.69, 9.17) is 9.47 Å². The van der Waals surface area contributed by atoms with Gasteiger partial charge in [-0.05, 0) is 59.5 Å². The first kappa shape index (κ1) is 21.5. The van der Waals surface area contributed by atoms with Gasteiger partial charge in [0.15, 0.2) is 11.5 Å². The summed E-state index contributed by atoms with van der Waals surface area (Å²) in [4.78, 5) is 12.9. The molecule has 1 aromatic carbocycles. The second-order valence-corrected chi connectivity index (χ2v) is 8.09.